The lowest BCUT2D eigenvalue weighted by atomic mass is 10.1. The van der Waals surface area contributed by atoms with E-state index in [0.717, 1.165) is 0 Å². The molecule has 1 heterocycles. The van der Waals surface area contributed by atoms with Crippen molar-refractivity contribution in [2.24, 2.45) is 4.99 Å². The number of hydrogen-bond donors (Lipinski definition) is 0. The maximum atomic E-state index is 12.3. The smallest absolute Gasteiger partial charge is 0.363 e. The van der Waals surface area contributed by atoms with Crippen molar-refractivity contribution in [3.8, 4) is 17.2 Å². The highest BCUT2D eigenvalue weighted by Gasteiger charge is 2.27. The van der Waals surface area contributed by atoms with Crippen molar-refractivity contribution in [3.63, 3.8) is 0 Å². The molecule has 0 N–H and O–H groups in total. The number of nitrogens with zero attached hydrogens (tertiary/aromatic N) is 2. The topological polar surface area (TPSA) is 109 Å². The van der Waals surface area contributed by atoms with Crippen LogP contribution in [0.1, 0.15) is 11.1 Å². The molecule has 0 unspecified atom stereocenters. The van der Waals surface area contributed by atoms with Crippen molar-refractivity contribution in [2.75, 3.05) is 21.3 Å². The molecule has 3 rings (SSSR count). The van der Waals surface area contributed by atoms with Crippen LogP contribution in [-0.2, 0) is 9.53 Å². The van der Waals surface area contributed by atoms with E-state index in [9.17, 15) is 14.9 Å². The minimum absolute atomic E-state index is 0.0342. The van der Waals surface area contributed by atoms with Crippen LogP contribution in [0.4, 0.5) is 5.69 Å². The van der Waals surface area contributed by atoms with Crippen LogP contribution in [-0.4, -0.2) is 38.1 Å². The molecule has 9 nitrogen and oxygen atoms in total. The normalized spacial score (nSPS) is 14.4. The van der Waals surface area contributed by atoms with Crippen LogP contribution in [0.2, 0.25) is 5.02 Å². The first-order valence-electron chi connectivity index (χ1n) is 8.14. The van der Waals surface area contributed by atoms with Crippen LogP contribution in [0.25, 0.3) is 6.08 Å². The number of rotatable bonds is 6. The van der Waals surface area contributed by atoms with Crippen LogP contribution >= 0.6 is 11.6 Å². The number of esters is 1. The molecular formula is C19H15ClN2O7. The van der Waals surface area contributed by atoms with Crippen LogP contribution in [0.5, 0.6) is 17.2 Å². The first kappa shape index (κ1) is 20.2. The van der Waals surface area contributed by atoms with Gasteiger partial charge in [0, 0.05) is 23.8 Å². The summed E-state index contributed by atoms with van der Waals surface area (Å²) in [5, 5.41) is 11.2. The number of benzene rings is 2. The predicted octanol–water partition coefficient (Wildman–Crippen LogP) is 3.62. The summed E-state index contributed by atoms with van der Waals surface area (Å²) in [5.74, 6) is 0.430. The summed E-state index contributed by atoms with van der Waals surface area (Å²) in [6.45, 7) is 0. The van der Waals surface area contributed by atoms with Gasteiger partial charge in [0.15, 0.2) is 17.2 Å². The fourth-order valence-electron chi connectivity index (χ4n) is 2.63. The minimum Gasteiger partial charge on any atom is -0.496 e. The van der Waals surface area contributed by atoms with Crippen molar-refractivity contribution in [3.05, 3.63) is 62.3 Å². The SMILES string of the molecule is COc1cc(OC)c(OC)cc1/C=C1\N=C(c2cc([N+](=O)[O-])ccc2Cl)OC1=O. The molecule has 0 atom stereocenters. The van der Waals surface area contributed by atoms with Crippen molar-refractivity contribution in [1.29, 1.82) is 0 Å². The molecule has 0 bridgehead atoms. The number of methoxy groups -OCH3 is 3. The quantitative estimate of drug-likeness (QED) is 0.305. The number of ether oxygens (including phenoxy) is 4. The van der Waals surface area contributed by atoms with Gasteiger partial charge < -0.3 is 18.9 Å². The summed E-state index contributed by atoms with van der Waals surface area (Å²) in [5.41, 5.74) is 0.388. The highest BCUT2D eigenvalue weighted by molar-refractivity contribution is 6.34. The third-order valence-corrected chi connectivity index (χ3v) is 4.37. The Labute approximate surface area is 170 Å². The van der Waals surface area contributed by atoms with Crippen LogP contribution in [0.15, 0.2) is 41.0 Å². The monoisotopic (exact) mass is 418 g/mol. The number of halogens is 1. The van der Waals surface area contributed by atoms with Gasteiger partial charge in [-0.15, -0.1) is 0 Å². The molecule has 2 aromatic carbocycles. The molecule has 0 radical (unpaired) electrons. The summed E-state index contributed by atoms with van der Waals surface area (Å²) >= 11 is 6.09. The molecule has 0 aliphatic carbocycles. The Kier molecular flexibility index (Phi) is 5.69. The zero-order valence-electron chi connectivity index (χ0n) is 15.6. The molecule has 0 spiro atoms. The second-order valence-electron chi connectivity index (χ2n) is 5.71. The summed E-state index contributed by atoms with van der Waals surface area (Å²) in [7, 11) is 4.43. The van der Waals surface area contributed by atoms with Crippen molar-refractivity contribution in [1.82, 2.24) is 0 Å². The largest absolute Gasteiger partial charge is 0.496 e. The van der Waals surface area contributed by atoms with Gasteiger partial charge in [0.25, 0.3) is 5.69 Å². The summed E-state index contributed by atoms with van der Waals surface area (Å²) in [6.07, 6.45) is 1.45. The molecule has 0 amide bonds. The van der Waals surface area contributed by atoms with Gasteiger partial charge in [-0.2, -0.15) is 0 Å². The van der Waals surface area contributed by atoms with Gasteiger partial charge in [0.05, 0.1) is 36.8 Å². The first-order valence-corrected chi connectivity index (χ1v) is 8.52. The lowest BCUT2D eigenvalue weighted by Gasteiger charge is -2.12. The van der Waals surface area contributed by atoms with Crippen molar-refractivity contribution < 1.29 is 28.7 Å². The molecular weight excluding hydrogens is 404 g/mol. The average molecular weight is 419 g/mol. The van der Waals surface area contributed by atoms with E-state index in [2.05, 4.69) is 4.99 Å². The fraction of sp³-hybridized carbons (Fsp3) is 0.158. The zero-order valence-corrected chi connectivity index (χ0v) is 16.4. The molecule has 10 heteroatoms. The Morgan fingerprint density at radius 2 is 1.72 bits per heavy atom. The molecule has 1 aliphatic heterocycles. The molecule has 0 saturated carbocycles. The third-order valence-electron chi connectivity index (χ3n) is 4.04. The van der Waals surface area contributed by atoms with E-state index in [-0.39, 0.29) is 27.9 Å². The number of aliphatic imine (C=N–C) groups is 1. The number of hydrogen-bond acceptors (Lipinski definition) is 8. The van der Waals surface area contributed by atoms with E-state index in [4.69, 9.17) is 30.5 Å². The van der Waals surface area contributed by atoms with Gasteiger partial charge in [0.2, 0.25) is 5.90 Å². The second kappa shape index (κ2) is 8.19. The maximum absolute atomic E-state index is 12.3. The Morgan fingerprint density at radius 1 is 1.07 bits per heavy atom. The van der Waals surface area contributed by atoms with Gasteiger partial charge >= 0.3 is 5.97 Å². The fourth-order valence-corrected chi connectivity index (χ4v) is 2.83. The number of carbonyl (C=O) groups excluding carboxylic acids is 1. The first-order chi connectivity index (χ1) is 13.9. The number of carbonyl (C=O) groups is 1. The zero-order chi connectivity index (χ0) is 21.1. The van der Waals surface area contributed by atoms with Crippen LogP contribution < -0.4 is 14.2 Å². The number of nitro groups is 1. The van der Waals surface area contributed by atoms with Gasteiger partial charge in [-0.25, -0.2) is 9.79 Å². The average Bonchev–Trinajstić information content (AvgIpc) is 3.07. The van der Waals surface area contributed by atoms with Gasteiger partial charge in [-0.05, 0) is 18.2 Å². The number of nitro benzene ring substituents is 1. The molecule has 1 aliphatic rings. The van der Waals surface area contributed by atoms with E-state index < -0.39 is 10.9 Å². The van der Waals surface area contributed by atoms with Gasteiger partial charge in [0.1, 0.15) is 5.75 Å². The Morgan fingerprint density at radius 3 is 2.34 bits per heavy atom. The lowest BCUT2D eigenvalue weighted by molar-refractivity contribution is -0.384. The highest BCUT2D eigenvalue weighted by atomic mass is 35.5. The van der Waals surface area contributed by atoms with Crippen LogP contribution in [0, 0.1) is 10.1 Å². The molecule has 150 valence electrons. The summed E-state index contributed by atoms with van der Waals surface area (Å²) in [6, 6.07) is 6.99. The Bertz CT molecular complexity index is 1060. The molecule has 0 saturated heterocycles. The Hall–Kier alpha value is -3.59. The Balaban J connectivity index is 2.06. The maximum Gasteiger partial charge on any atom is 0.363 e. The highest BCUT2D eigenvalue weighted by Crippen LogP contribution is 2.36. The third kappa shape index (κ3) is 3.99. The minimum atomic E-state index is -0.737. The molecule has 0 aromatic heterocycles. The summed E-state index contributed by atoms with van der Waals surface area (Å²) < 4.78 is 21.0. The number of non-ortho nitro benzene ring substituents is 1. The van der Waals surface area contributed by atoms with Crippen molar-refractivity contribution >= 4 is 35.2 Å². The van der Waals surface area contributed by atoms with E-state index >= 15 is 0 Å². The van der Waals surface area contributed by atoms with Gasteiger partial charge in [-0.1, -0.05) is 11.6 Å². The van der Waals surface area contributed by atoms with Crippen LogP contribution in [0.3, 0.4) is 0 Å². The van der Waals surface area contributed by atoms with E-state index in [0.29, 0.717) is 22.8 Å². The molecule has 2 aromatic rings. The van der Waals surface area contributed by atoms with E-state index in [1.807, 2.05) is 0 Å². The van der Waals surface area contributed by atoms with Crippen molar-refractivity contribution in [2.45, 2.75) is 0 Å². The lowest BCUT2D eigenvalue weighted by Crippen LogP contribution is -2.06. The predicted molar refractivity (Wildman–Crippen MR) is 105 cm³/mol. The number of cyclic esters (lactones) is 1. The summed E-state index contributed by atoms with van der Waals surface area (Å²) in [4.78, 5) is 26.9. The van der Waals surface area contributed by atoms with E-state index in [1.54, 1.807) is 12.1 Å². The molecule has 0 fully saturated rings. The van der Waals surface area contributed by atoms with E-state index in [1.165, 1.54) is 45.6 Å². The molecule has 29 heavy (non-hydrogen) atoms. The standard InChI is InChI=1S/C19H15ClN2O7/c1-26-15-9-17(28-3)16(27-2)7-10(15)6-14-19(23)29-18(21-14)12-8-11(22(24)25)4-5-13(12)20/h4-9H,1-3H3/b14-6-. The van der Waals surface area contributed by atoms with Gasteiger partial charge in [-0.3, -0.25) is 10.1 Å². The second-order valence-corrected chi connectivity index (χ2v) is 6.11.